The minimum absolute atomic E-state index is 0.0985. The molecule has 0 saturated carbocycles. The predicted octanol–water partition coefficient (Wildman–Crippen LogP) is 3.56. The molecule has 0 aliphatic carbocycles. The first-order chi connectivity index (χ1) is 12.1. The first-order valence-corrected chi connectivity index (χ1v) is 10.1. The summed E-state index contributed by atoms with van der Waals surface area (Å²) >= 11 is 1.52. The van der Waals surface area contributed by atoms with Crippen LogP contribution in [0.5, 0.6) is 0 Å². The predicted molar refractivity (Wildman–Crippen MR) is 105 cm³/mol. The number of pyridine rings is 1. The van der Waals surface area contributed by atoms with Crippen LogP contribution in [0.15, 0.2) is 41.6 Å². The highest BCUT2D eigenvalue weighted by atomic mass is 32.2. The molecular weight excluding hydrogens is 330 g/mol. The van der Waals surface area contributed by atoms with E-state index < -0.39 is 0 Å². The summed E-state index contributed by atoms with van der Waals surface area (Å²) in [5.74, 6) is 1.09. The smallest absolute Gasteiger partial charge is 0.230 e. The number of carbonyl (C=O) groups is 1. The Hall–Kier alpha value is -1.59. The molecule has 3 rings (SSSR count). The molecule has 0 radical (unpaired) electrons. The van der Waals surface area contributed by atoms with Crippen LogP contribution < -0.4 is 5.32 Å². The first-order valence-electron chi connectivity index (χ1n) is 9.11. The van der Waals surface area contributed by atoms with Crippen molar-refractivity contribution >= 4 is 28.4 Å². The van der Waals surface area contributed by atoms with E-state index in [1.54, 1.807) is 0 Å². The van der Waals surface area contributed by atoms with Crippen molar-refractivity contribution in [2.75, 3.05) is 25.4 Å². The Kier molecular flexibility index (Phi) is 6.32. The van der Waals surface area contributed by atoms with Gasteiger partial charge in [-0.2, -0.15) is 0 Å². The van der Waals surface area contributed by atoms with E-state index in [0.717, 1.165) is 28.9 Å². The van der Waals surface area contributed by atoms with Crippen molar-refractivity contribution in [2.24, 2.45) is 5.92 Å². The molecule has 1 amide bonds. The van der Waals surface area contributed by atoms with E-state index in [0.29, 0.717) is 17.7 Å². The highest BCUT2D eigenvalue weighted by Gasteiger charge is 2.21. The third-order valence-electron chi connectivity index (χ3n) is 4.85. The lowest BCUT2D eigenvalue weighted by molar-refractivity contribution is -0.118. The lowest BCUT2D eigenvalue weighted by Crippen LogP contribution is -2.44. The van der Waals surface area contributed by atoms with Crippen molar-refractivity contribution < 1.29 is 4.79 Å². The fourth-order valence-electron chi connectivity index (χ4n) is 3.38. The van der Waals surface area contributed by atoms with Gasteiger partial charge in [-0.05, 0) is 50.6 Å². The van der Waals surface area contributed by atoms with Gasteiger partial charge >= 0.3 is 0 Å². The van der Waals surface area contributed by atoms with Gasteiger partial charge in [-0.15, -0.1) is 0 Å². The minimum Gasteiger partial charge on any atom is -0.355 e. The molecule has 1 aliphatic rings. The van der Waals surface area contributed by atoms with Crippen molar-refractivity contribution in [1.29, 1.82) is 0 Å². The second-order valence-corrected chi connectivity index (χ2v) is 7.99. The van der Waals surface area contributed by atoms with E-state index in [1.807, 2.05) is 24.4 Å². The summed E-state index contributed by atoms with van der Waals surface area (Å²) in [6, 6.07) is 10.8. The molecule has 1 N–H and O–H groups in total. The number of benzene rings is 1. The number of nitrogens with zero attached hydrogens (tertiary/aromatic N) is 2. The standard InChI is InChI=1S/C20H27N3OS/c1-15(2)23-11-5-6-16(13-23)12-22-19(24)14-25-20-18-8-4-3-7-17(18)9-10-21-20/h3-4,7-10,15-16H,5-6,11-14H2,1-2H3,(H,22,24)/t16-/m0/s1. The summed E-state index contributed by atoms with van der Waals surface area (Å²) in [6.45, 7) is 7.55. The lowest BCUT2D eigenvalue weighted by Gasteiger charge is -2.35. The van der Waals surface area contributed by atoms with Crippen LogP contribution >= 0.6 is 11.8 Å². The van der Waals surface area contributed by atoms with Crippen LogP contribution in [-0.2, 0) is 4.79 Å². The number of thioether (sulfide) groups is 1. The molecular formula is C20H27N3OS. The molecule has 1 fully saturated rings. The molecule has 1 atom stereocenters. The second kappa shape index (κ2) is 8.68. The highest BCUT2D eigenvalue weighted by molar-refractivity contribution is 8.00. The van der Waals surface area contributed by atoms with E-state index in [2.05, 4.69) is 41.2 Å². The highest BCUT2D eigenvalue weighted by Crippen LogP contribution is 2.25. The Morgan fingerprint density at radius 2 is 2.20 bits per heavy atom. The Bertz CT molecular complexity index is 714. The van der Waals surface area contributed by atoms with E-state index in [1.165, 1.54) is 31.1 Å². The van der Waals surface area contributed by atoms with E-state index in [9.17, 15) is 4.79 Å². The lowest BCUT2D eigenvalue weighted by atomic mass is 9.97. The van der Waals surface area contributed by atoms with Gasteiger partial charge in [0, 0.05) is 30.7 Å². The van der Waals surface area contributed by atoms with Gasteiger partial charge in [0.15, 0.2) is 0 Å². The van der Waals surface area contributed by atoms with Crippen molar-refractivity contribution in [1.82, 2.24) is 15.2 Å². The number of fused-ring (bicyclic) bond motifs is 1. The topological polar surface area (TPSA) is 45.2 Å². The largest absolute Gasteiger partial charge is 0.355 e. The maximum Gasteiger partial charge on any atom is 0.230 e. The van der Waals surface area contributed by atoms with Crippen LogP contribution in [0, 0.1) is 5.92 Å². The molecule has 1 saturated heterocycles. The van der Waals surface area contributed by atoms with Crippen molar-refractivity contribution in [3.05, 3.63) is 36.5 Å². The third kappa shape index (κ3) is 4.95. The Morgan fingerprint density at radius 1 is 1.36 bits per heavy atom. The molecule has 5 heteroatoms. The number of likely N-dealkylation sites (tertiary alicyclic amines) is 1. The molecule has 2 aromatic rings. The summed E-state index contributed by atoms with van der Waals surface area (Å²) in [5, 5.41) is 6.32. The normalized spacial score (nSPS) is 18.6. The Labute approximate surface area is 154 Å². The zero-order valence-electron chi connectivity index (χ0n) is 15.1. The van der Waals surface area contributed by atoms with E-state index in [-0.39, 0.29) is 5.91 Å². The zero-order valence-corrected chi connectivity index (χ0v) is 15.9. The van der Waals surface area contributed by atoms with Crippen LogP contribution in [0.25, 0.3) is 10.8 Å². The van der Waals surface area contributed by atoms with Crippen molar-refractivity contribution in [3.8, 4) is 0 Å². The van der Waals surface area contributed by atoms with Crippen LogP contribution in [0.1, 0.15) is 26.7 Å². The van der Waals surface area contributed by atoms with Gasteiger partial charge in [0.25, 0.3) is 0 Å². The SMILES string of the molecule is CC(C)N1CCC[C@@H](CNC(=O)CSc2nccc3ccccc23)C1. The zero-order chi connectivity index (χ0) is 17.6. The number of aromatic nitrogens is 1. The van der Waals surface area contributed by atoms with E-state index in [4.69, 9.17) is 0 Å². The third-order valence-corrected chi connectivity index (χ3v) is 5.85. The van der Waals surface area contributed by atoms with Gasteiger partial charge in [0.1, 0.15) is 5.03 Å². The molecule has 1 aromatic carbocycles. The molecule has 25 heavy (non-hydrogen) atoms. The van der Waals surface area contributed by atoms with Gasteiger partial charge in [-0.25, -0.2) is 4.98 Å². The average Bonchev–Trinajstić information content (AvgIpc) is 2.65. The number of piperidine rings is 1. The van der Waals surface area contributed by atoms with E-state index >= 15 is 0 Å². The maximum absolute atomic E-state index is 12.2. The number of amides is 1. The van der Waals surface area contributed by atoms with Crippen LogP contribution in [-0.4, -0.2) is 47.2 Å². The quantitative estimate of drug-likeness (QED) is 0.803. The Morgan fingerprint density at radius 3 is 3.04 bits per heavy atom. The second-order valence-electron chi connectivity index (χ2n) is 7.03. The number of carbonyl (C=O) groups excluding carboxylic acids is 1. The number of hydrogen-bond acceptors (Lipinski definition) is 4. The fourth-order valence-corrected chi connectivity index (χ4v) is 4.23. The van der Waals surface area contributed by atoms with Gasteiger partial charge < -0.3 is 10.2 Å². The van der Waals surface area contributed by atoms with Gasteiger partial charge in [0.2, 0.25) is 5.91 Å². The maximum atomic E-state index is 12.2. The summed E-state index contributed by atoms with van der Waals surface area (Å²) in [6.07, 6.45) is 4.25. The monoisotopic (exact) mass is 357 g/mol. The number of hydrogen-bond donors (Lipinski definition) is 1. The molecule has 1 aromatic heterocycles. The van der Waals surface area contributed by atoms with Crippen LogP contribution in [0.2, 0.25) is 0 Å². The molecule has 0 bridgehead atoms. The summed E-state index contributed by atoms with van der Waals surface area (Å²) in [5.41, 5.74) is 0. The summed E-state index contributed by atoms with van der Waals surface area (Å²) < 4.78 is 0. The molecule has 2 heterocycles. The van der Waals surface area contributed by atoms with Crippen LogP contribution in [0.4, 0.5) is 0 Å². The van der Waals surface area contributed by atoms with Gasteiger partial charge in [-0.3, -0.25) is 4.79 Å². The molecule has 0 unspecified atom stereocenters. The van der Waals surface area contributed by atoms with Gasteiger partial charge in [-0.1, -0.05) is 36.0 Å². The van der Waals surface area contributed by atoms with Crippen molar-refractivity contribution in [2.45, 2.75) is 37.8 Å². The summed E-state index contributed by atoms with van der Waals surface area (Å²) in [4.78, 5) is 19.2. The molecule has 0 spiro atoms. The average molecular weight is 358 g/mol. The van der Waals surface area contributed by atoms with Crippen LogP contribution in [0.3, 0.4) is 0 Å². The molecule has 4 nitrogen and oxygen atoms in total. The number of nitrogens with one attached hydrogen (secondary N) is 1. The number of rotatable bonds is 6. The fraction of sp³-hybridized carbons (Fsp3) is 0.500. The Balaban J connectivity index is 1.48. The first kappa shape index (κ1) is 18.2. The molecule has 134 valence electrons. The summed E-state index contributed by atoms with van der Waals surface area (Å²) in [7, 11) is 0. The van der Waals surface area contributed by atoms with Crippen molar-refractivity contribution in [3.63, 3.8) is 0 Å². The minimum atomic E-state index is 0.0985. The molecule has 1 aliphatic heterocycles. The van der Waals surface area contributed by atoms with Gasteiger partial charge in [0.05, 0.1) is 5.75 Å².